The molecule has 2 atom stereocenters. The Morgan fingerprint density at radius 1 is 1.13 bits per heavy atom. The van der Waals surface area contributed by atoms with E-state index in [2.05, 4.69) is 10.3 Å². The van der Waals surface area contributed by atoms with Crippen molar-refractivity contribution >= 4 is 44.5 Å². The molecule has 1 aromatic carbocycles. The van der Waals surface area contributed by atoms with Crippen molar-refractivity contribution in [2.24, 2.45) is 4.99 Å². The number of benzene rings is 1. The van der Waals surface area contributed by atoms with E-state index < -0.39 is 9.84 Å². The number of ether oxygens (including phenoxy) is 1. The number of nitrogens with zero attached hydrogens (tertiary/aromatic N) is 3. The standard InChI is InChI=1S/C20H26N4O5S2/c1-2-29-20(26)24-9-7-23(8-10-24)18(25)11-14-3-5-15(6-4-14)21-19-22-16-12-31(27,28)13-17(16)30-19/h3-6,16-17H,2,7-13H2,1H3,(H,21,22)/t16-,17+/m1/s1. The summed E-state index contributed by atoms with van der Waals surface area (Å²) < 4.78 is 28.3. The maximum atomic E-state index is 12.6. The summed E-state index contributed by atoms with van der Waals surface area (Å²) in [6.07, 6.45) is -0.0230. The molecule has 0 spiro atoms. The Morgan fingerprint density at radius 3 is 2.45 bits per heavy atom. The van der Waals surface area contributed by atoms with Crippen LogP contribution >= 0.6 is 11.8 Å². The summed E-state index contributed by atoms with van der Waals surface area (Å²) in [5.74, 6) is 0.353. The first-order valence-electron chi connectivity index (χ1n) is 10.3. The molecule has 9 nitrogen and oxygen atoms in total. The highest BCUT2D eigenvalue weighted by atomic mass is 32.2. The number of fused-ring (bicyclic) bond motifs is 1. The summed E-state index contributed by atoms with van der Waals surface area (Å²) in [6.45, 7) is 4.10. The maximum absolute atomic E-state index is 12.6. The van der Waals surface area contributed by atoms with E-state index in [-0.39, 0.29) is 34.8 Å². The molecular formula is C20H26N4O5S2. The van der Waals surface area contributed by atoms with Gasteiger partial charge in [0.2, 0.25) is 5.91 Å². The van der Waals surface area contributed by atoms with Crippen LogP contribution in [0.1, 0.15) is 12.5 Å². The first-order chi connectivity index (χ1) is 14.8. The summed E-state index contributed by atoms with van der Waals surface area (Å²) in [6, 6.07) is 7.45. The summed E-state index contributed by atoms with van der Waals surface area (Å²) in [5.41, 5.74) is 1.76. The maximum Gasteiger partial charge on any atom is 0.409 e. The summed E-state index contributed by atoms with van der Waals surface area (Å²) in [7, 11) is -2.96. The van der Waals surface area contributed by atoms with Gasteiger partial charge in [-0.15, -0.1) is 0 Å². The van der Waals surface area contributed by atoms with Gasteiger partial charge in [-0.05, 0) is 24.6 Å². The molecule has 3 aliphatic rings. The van der Waals surface area contributed by atoms with Gasteiger partial charge in [-0.1, -0.05) is 23.9 Å². The molecule has 0 aromatic heterocycles. The molecule has 2 saturated heterocycles. The number of rotatable bonds is 4. The molecule has 1 aromatic rings. The van der Waals surface area contributed by atoms with E-state index in [0.717, 1.165) is 16.4 Å². The normalized spacial score (nSPS) is 24.5. The number of carbonyl (C=O) groups is 2. The first kappa shape index (κ1) is 21.9. The van der Waals surface area contributed by atoms with Gasteiger partial charge in [0.1, 0.15) is 0 Å². The third-order valence-corrected chi connectivity index (χ3v) is 8.68. The van der Waals surface area contributed by atoms with Crippen molar-refractivity contribution in [2.45, 2.75) is 24.6 Å². The molecule has 0 unspecified atom stereocenters. The largest absolute Gasteiger partial charge is 0.450 e. The number of anilines is 1. The Labute approximate surface area is 186 Å². The van der Waals surface area contributed by atoms with E-state index >= 15 is 0 Å². The highest BCUT2D eigenvalue weighted by Crippen LogP contribution is 2.34. The molecule has 0 saturated carbocycles. The van der Waals surface area contributed by atoms with Crippen molar-refractivity contribution in [3.8, 4) is 0 Å². The zero-order chi connectivity index (χ0) is 22.0. The van der Waals surface area contributed by atoms with Crippen LogP contribution in [0, 0.1) is 0 Å². The van der Waals surface area contributed by atoms with Gasteiger partial charge in [-0.2, -0.15) is 0 Å². The van der Waals surface area contributed by atoms with Crippen LogP contribution in [0.25, 0.3) is 0 Å². The van der Waals surface area contributed by atoms with Gasteiger partial charge in [-0.25, -0.2) is 13.2 Å². The molecule has 0 aliphatic carbocycles. The number of hydrogen-bond donors (Lipinski definition) is 1. The molecule has 0 bridgehead atoms. The molecule has 1 N–H and O–H groups in total. The van der Waals surface area contributed by atoms with E-state index in [0.29, 0.717) is 39.2 Å². The minimum absolute atomic E-state index is 0.00805. The Bertz CT molecular complexity index is 972. The second kappa shape index (κ2) is 9.07. The number of aliphatic imine (C=N–C) groups is 1. The topological polar surface area (TPSA) is 108 Å². The molecule has 3 heterocycles. The number of sulfone groups is 1. The quantitative estimate of drug-likeness (QED) is 0.710. The lowest BCUT2D eigenvalue weighted by Crippen LogP contribution is -2.51. The fraction of sp³-hybridized carbons (Fsp3) is 0.550. The number of piperazine rings is 1. The van der Waals surface area contributed by atoms with E-state index in [9.17, 15) is 18.0 Å². The first-order valence-corrected chi connectivity index (χ1v) is 13.0. The second-order valence-electron chi connectivity index (χ2n) is 7.80. The van der Waals surface area contributed by atoms with Crippen LogP contribution in [-0.4, -0.2) is 91.0 Å². The number of amides is 2. The lowest BCUT2D eigenvalue weighted by Gasteiger charge is -2.34. The van der Waals surface area contributed by atoms with Crippen molar-refractivity contribution in [3.63, 3.8) is 0 Å². The molecule has 31 heavy (non-hydrogen) atoms. The Kier molecular flexibility index (Phi) is 6.42. The van der Waals surface area contributed by atoms with Crippen LogP contribution in [-0.2, 0) is 25.8 Å². The van der Waals surface area contributed by atoms with Gasteiger partial charge >= 0.3 is 6.09 Å². The highest BCUT2D eigenvalue weighted by Gasteiger charge is 2.42. The third kappa shape index (κ3) is 5.32. The predicted octanol–water partition coefficient (Wildman–Crippen LogP) is 1.21. The van der Waals surface area contributed by atoms with E-state index in [1.54, 1.807) is 16.7 Å². The zero-order valence-corrected chi connectivity index (χ0v) is 19.0. The predicted molar refractivity (Wildman–Crippen MR) is 120 cm³/mol. The highest BCUT2D eigenvalue weighted by molar-refractivity contribution is 8.15. The second-order valence-corrected chi connectivity index (χ2v) is 11.2. The number of amidine groups is 1. The fourth-order valence-electron chi connectivity index (χ4n) is 3.89. The van der Waals surface area contributed by atoms with Crippen molar-refractivity contribution in [2.75, 3.05) is 49.6 Å². The fourth-order valence-corrected chi connectivity index (χ4v) is 7.56. The number of thioether (sulfide) groups is 1. The molecular weight excluding hydrogens is 440 g/mol. The monoisotopic (exact) mass is 466 g/mol. The van der Waals surface area contributed by atoms with Crippen LogP contribution in [0.5, 0.6) is 0 Å². The van der Waals surface area contributed by atoms with E-state index in [4.69, 9.17) is 4.74 Å². The van der Waals surface area contributed by atoms with E-state index in [1.807, 2.05) is 24.3 Å². The average molecular weight is 467 g/mol. The summed E-state index contributed by atoms with van der Waals surface area (Å²) in [4.78, 5) is 32.3. The van der Waals surface area contributed by atoms with Crippen molar-refractivity contribution in [1.82, 2.24) is 9.80 Å². The van der Waals surface area contributed by atoms with Crippen LogP contribution in [0.3, 0.4) is 0 Å². The number of hydrogen-bond acceptors (Lipinski definition) is 8. The summed E-state index contributed by atoms with van der Waals surface area (Å²) in [5, 5.41) is 3.99. The molecule has 0 radical (unpaired) electrons. The van der Waals surface area contributed by atoms with Crippen molar-refractivity contribution in [1.29, 1.82) is 0 Å². The van der Waals surface area contributed by atoms with Crippen LogP contribution < -0.4 is 5.32 Å². The van der Waals surface area contributed by atoms with Crippen LogP contribution in [0.15, 0.2) is 29.3 Å². The molecule has 11 heteroatoms. The molecule has 2 fully saturated rings. The number of carbonyl (C=O) groups excluding carboxylic acids is 2. The lowest BCUT2D eigenvalue weighted by atomic mass is 10.1. The minimum atomic E-state index is -2.96. The molecule has 3 aliphatic heterocycles. The number of nitrogens with one attached hydrogen (secondary N) is 1. The van der Waals surface area contributed by atoms with Gasteiger partial charge in [0.15, 0.2) is 15.0 Å². The minimum Gasteiger partial charge on any atom is -0.450 e. The van der Waals surface area contributed by atoms with Gasteiger partial charge in [0.25, 0.3) is 0 Å². The van der Waals surface area contributed by atoms with Gasteiger partial charge < -0.3 is 19.9 Å². The average Bonchev–Trinajstić information content (AvgIpc) is 3.22. The van der Waals surface area contributed by atoms with Crippen LogP contribution in [0.2, 0.25) is 0 Å². The van der Waals surface area contributed by atoms with Crippen LogP contribution in [0.4, 0.5) is 10.5 Å². The van der Waals surface area contributed by atoms with Gasteiger partial charge in [-0.3, -0.25) is 9.79 Å². The van der Waals surface area contributed by atoms with Crippen molar-refractivity contribution < 1.29 is 22.7 Å². The molecule has 4 rings (SSSR count). The van der Waals surface area contributed by atoms with E-state index in [1.165, 1.54) is 11.8 Å². The summed E-state index contributed by atoms with van der Waals surface area (Å²) >= 11 is 1.48. The smallest absolute Gasteiger partial charge is 0.409 e. The zero-order valence-electron chi connectivity index (χ0n) is 17.3. The Balaban J connectivity index is 1.26. The van der Waals surface area contributed by atoms with Gasteiger partial charge in [0, 0.05) is 37.1 Å². The third-order valence-electron chi connectivity index (χ3n) is 5.54. The lowest BCUT2D eigenvalue weighted by molar-refractivity contribution is -0.132. The Morgan fingerprint density at radius 2 is 1.81 bits per heavy atom. The molecule has 2 amide bonds. The SMILES string of the molecule is CCOC(=O)N1CCN(C(=O)Cc2ccc(NC3=N[C@@H]4CS(=O)(=O)C[C@@H]4S3)cc2)CC1. The van der Waals surface area contributed by atoms with Crippen molar-refractivity contribution in [3.05, 3.63) is 29.8 Å². The Hall–Kier alpha value is -2.27. The molecule has 168 valence electrons. The van der Waals surface area contributed by atoms with Gasteiger partial charge in [0.05, 0.1) is 30.6 Å².